The summed E-state index contributed by atoms with van der Waals surface area (Å²) in [5, 5.41) is 19.6. The van der Waals surface area contributed by atoms with Gasteiger partial charge in [-0.25, -0.2) is 15.0 Å². The molecule has 0 amide bonds. The molecule has 1 saturated heterocycles. The van der Waals surface area contributed by atoms with Crippen molar-refractivity contribution in [2.75, 3.05) is 13.7 Å². The molecule has 1 fully saturated rings. The molecule has 1 aliphatic rings. The predicted octanol–water partition coefficient (Wildman–Crippen LogP) is 0.0537. The molecule has 3 heterocycles. The summed E-state index contributed by atoms with van der Waals surface area (Å²) in [5.41, 5.74) is 0.938. The fourth-order valence-electron chi connectivity index (χ4n) is 2.52. The van der Waals surface area contributed by atoms with Gasteiger partial charge in [0.15, 0.2) is 17.0 Å². The number of rotatable bonds is 3. The highest BCUT2D eigenvalue weighted by Crippen LogP contribution is 2.33. The number of hydrogen-bond acceptors (Lipinski definition) is 7. The molecule has 0 aliphatic carbocycles. The lowest BCUT2D eigenvalue weighted by molar-refractivity contribution is -0.0583. The van der Waals surface area contributed by atoms with Crippen molar-refractivity contribution in [3.05, 3.63) is 17.3 Å². The number of fused-ring (bicyclic) bond motifs is 1. The Morgan fingerprint density at radius 3 is 2.90 bits per heavy atom. The molecule has 21 heavy (non-hydrogen) atoms. The van der Waals surface area contributed by atoms with Crippen molar-refractivity contribution in [1.82, 2.24) is 19.5 Å². The van der Waals surface area contributed by atoms with E-state index in [0.717, 1.165) is 0 Å². The zero-order valence-electron chi connectivity index (χ0n) is 11.5. The highest BCUT2D eigenvalue weighted by Gasteiger charge is 2.45. The Kier molecular flexibility index (Phi) is 3.80. The monoisotopic (exact) mass is 314 g/mol. The maximum absolute atomic E-state index is 10.1. The molecule has 2 aromatic heterocycles. The minimum absolute atomic E-state index is 0.252. The normalized spacial score (nSPS) is 29.4. The first-order chi connectivity index (χ1) is 10.1. The maximum atomic E-state index is 10.1. The second-order valence-corrected chi connectivity index (χ2v) is 5.18. The van der Waals surface area contributed by atoms with Crippen molar-refractivity contribution >= 4 is 22.8 Å². The zero-order chi connectivity index (χ0) is 15.1. The number of aryl methyl sites for hydroxylation is 1. The van der Waals surface area contributed by atoms with E-state index in [4.69, 9.17) is 21.1 Å². The highest BCUT2D eigenvalue weighted by atomic mass is 35.5. The molecule has 8 nitrogen and oxygen atoms in total. The van der Waals surface area contributed by atoms with E-state index in [2.05, 4.69) is 15.0 Å². The summed E-state index contributed by atoms with van der Waals surface area (Å²) < 4.78 is 12.6. The lowest BCUT2D eigenvalue weighted by atomic mass is 10.1. The first kappa shape index (κ1) is 14.6. The summed E-state index contributed by atoms with van der Waals surface area (Å²) in [6.07, 6.45) is -1.46. The number of halogens is 1. The molecular formula is C12H15ClN4O4. The standard InChI is InChI=1S/C12H15ClN4O4/c1-5-15-10(13)7-11(16-5)17(4-14-7)12-9(20-2)8(19)6(3-18)21-12/h4,6,8-9,12,18-19H,3H2,1-2H3/t6-,8-,9-,12-/m1/s1. The Bertz CT molecular complexity index is 664. The van der Waals surface area contributed by atoms with Crippen LogP contribution in [0.1, 0.15) is 12.1 Å². The van der Waals surface area contributed by atoms with Gasteiger partial charge in [-0.3, -0.25) is 4.57 Å². The number of methoxy groups -OCH3 is 1. The summed E-state index contributed by atoms with van der Waals surface area (Å²) in [5.74, 6) is 0.500. The van der Waals surface area contributed by atoms with Crippen molar-refractivity contribution in [1.29, 1.82) is 0 Å². The third-order valence-electron chi connectivity index (χ3n) is 3.53. The topological polar surface area (TPSA) is 103 Å². The molecule has 2 N–H and O–H groups in total. The number of ether oxygens (including phenoxy) is 2. The van der Waals surface area contributed by atoms with Crippen LogP contribution in [0.2, 0.25) is 5.15 Å². The second-order valence-electron chi connectivity index (χ2n) is 4.82. The largest absolute Gasteiger partial charge is 0.394 e. The van der Waals surface area contributed by atoms with Gasteiger partial charge >= 0.3 is 0 Å². The molecule has 0 saturated carbocycles. The molecule has 4 atom stereocenters. The van der Waals surface area contributed by atoms with Crippen LogP contribution in [-0.4, -0.2) is 61.8 Å². The Morgan fingerprint density at radius 2 is 2.24 bits per heavy atom. The molecule has 0 radical (unpaired) electrons. The van der Waals surface area contributed by atoms with E-state index in [0.29, 0.717) is 17.0 Å². The first-order valence-electron chi connectivity index (χ1n) is 6.40. The van der Waals surface area contributed by atoms with E-state index in [-0.39, 0.29) is 11.8 Å². The SMILES string of the molecule is CO[C@@H]1[C@H](O)[C@@H](CO)O[C@H]1n1cnc2c(Cl)nc(C)nc21. The number of aromatic nitrogens is 4. The van der Waals surface area contributed by atoms with Gasteiger partial charge in [0.05, 0.1) is 12.9 Å². The number of imidazole rings is 1. The Balaban J connectivity index is 2.08. The van der Waals surface area contributed by atoms with Crippen LogP contribution in [0.25, 0.3) is 11.2 Å². The van der Waals surface area contributed by atoms with Crippen molar-refractivity contribution in [3.63, 3.8) is 0 Å². The fourth-order valence-corrected chi connectivity index (χ4v) is 2.77. The minimum atomic E-state index is -0.944. The second kappa shape index (κ2) is 5.47. The Morgan fingerprint density at radius 1 is 1.48 bits per heavy atom. The zero-order valence-corrected chi connectivity index (χ0v) is 12.2. The Labute approximate surface area is 125 Å². The molecule has 0 spiro atoms. The van der Waals surface area contributed by atoms with E-state index in [1.54, 1.807) is 11.5 Å². The molecule has 0 unspecified atom stereocenters. The van der Waals surface area contributed by atoms with Crippen LogP contribution in [0.4, 0.5) is 0 Å². The summed E-state index contributed by atoms with van der Waals surface area (Å²) in [6, 6.07) is 0. The van der Waals surface area contributed by atoms with Crippen LogP contribution in [0.3, 0.4) is 0 Å². The average Bonchev–Trinajstić information content (AvgIpc) is 2.99. The van der Waals surface area contributed by atoms with Crippen molar-refractivity contribution in [2.24, 2.45) is 0 Å². The van der Waals surface area contributed by atoms with Gasteiger partial charge in [-0.15, -0.1) is 0 Å². The van der Waals surface area contributed by atoms with E-state index < -0.39 is 24.5 Å². The third kappa shape index (κ3) is 2.29. The van der Waals surface area contributed by atoms with E-state index in [9.17, 15) is 10.2 Å². The van der Waals surface area contributed by atoms with Gasteiger partial charge in [0.25, 0.3) is 0 Å². The predicted molar refractivity (Wildman–Crippen MR) is 72.9 cm³/mol. The number of nitrogens with zero attached hydrogens (tertiary/aromatic N) is 4. The van der Waals surface area contributed by atoms with Gasteiger partial charge in [0.1, 0.15) is 29.7 Å². The molecule has 0 aromatic carbocycles. The molecule has 9 heteroatoms. The Hall–Kier alpha value is -1.32. The van der Waals surface area contributed by atoms with E-state index in [1.807, 2.05) is 0 Å². The number of hydrogen-bond donors (Lipinski definition) is 2. The summed E-state index contributed by atoms with van der Waals surface area (Å²) in [7, 11) is 1.47. The van der Waals surface area contributed by atoms with Crippen LogP contribution in [0, 0.1) is 6.92 Å². The lowest BCUT2D eigenvalue weighted by Gasteiger charge is -2.19. The van der Waals surface area contributed by atoms with Gasteiger partial charge in [0.2, 0.25) is 0 Å². The maximum Gasteiger partial charge on any atom is 0.167 e. The molecule has 3 rings (SSSR count). The van der Waals surface area contributed by atoms with E-state index >= 15 is 0 Å². The summed E-state index contributed by atoms with van der Waals surface area (Å²) in [6.45, 7) is 1.41. The smallest absolute Gasteiger partial charge is 0.167 e. The van der Waals surface area contributed by atoms with Gasteiger partial charge in [-0.2, -0.15) is 0 Å². The van der Waals surface area contributed by atoms with Crippen LogP contribution in [0.15, 0.2) is 6.33 Å². The van der Waals surface area contributed by atoms with Gasteiger partial charge in [-0.1, -0.05) is 11.6 Å². The van der Waals surface area contributed by atoms with Crippen LogP contribution in [-0.2, 0) is 9.47 Å². The van der Waals surface area contributed by atoms with Gasteiger partial charge in [-0.05, 0) is 6.92 Å². The molecule has 0 bridgehead atoms. The van der Waals surface area contributed by atoms with Crippen LogP contribution >= 0.6 is 11.6 Å². The van der Waals surface area contributed by atoms with Crippen molar-refractivity contribution in [2.45, 2.75) is 31.5 Å². The molecule has 2 aromatic rings. The first-order valence-corrected chi connectivity index (χ1v) is 6.78. The van der Waals surface area contributed by atoms with Gasteiger partial charge in [0, 0.05) is 7.11 Å². The summed E-state index contributed by atoms with van der Waals surface area (Å²) >= 11 is 6.05. The molecule has 1 aliphatic heterocycles. The minimum Gasteiger partial charge on any atom is -0.394 e. The quantitative estimate of drug-likeness (QED) is 0.772. The molecular weight excluding hydrogens is 300 g/mol. The van der Waals surface area contributed by atoms with E-state index in [1.165, 1.54) is 13.4 Å². The van der Waals surface area contributed by atoms with Crippen molar-refractivity contribution < 1.29 is 19.7 Å². The summed E-state index contributed by atoms with van der Waals surface area (Å²) in [4.78, 5) is 12.5. The van der Waals surface area contributed by atoms with Crippen molar-refractivity contribution in [3.8, 4) is 0 Å². The number of aliphatic hydroxyl groups is 2. The third-order valence-corrected chi connectivity index (χ3v) is 3.79. The van der Waals surface area contributed by atoms with Crippen LogP contribution in [0.5, 0.6) is 0 Å². The molecule has 114 valence electrons. The fraction of sp³-hybridized carbons (Fsp3) is 0.583. The average molecular weight is 315 g/mol. The highest BCUT2D eigenvalue weighted by molar-refractivity contribution is 6.33. The van der Waals surface area contributed by atoms with Crippen LogP contribution < -0.4 is 0 Å². The lowest BCUT2D eigenvalue weighted by Crippen LogP contribution is -2.34. The number of aliphatic hydroxyl groups excluding tert-OH is 2. The van der Waals surface area contributed by atoms with Gasteiger partial charge < -0.3 is 19.7 Å².